The largest absolute Gasteiger partial charge is 0.266 e. The molecule has 0 N–H and O–H groups in total. The molecule has 0 radical (unpaired) electrons. The highest BCUT2D eigenvalue weighted by Gasteiger charge is 2.07. The van der Waals surface area contributed by atoms with Crippen molar-refractivity contribution in [3.63, 3.8) is 0 Å². The average molecular weight is 327 g/mol. The van der Waals surface area contributed by atoms with E-state index in [4.69, 9.17) is 5.10 Å². The van der Waals surface area contributed by atoms with E-state index in [1.165, 1.54) is 5.56 Å². The standard InChI is InChI=1S/C20H17N5/c1-15-4-3-8-22-20(15)14-25-11-7-18(24-25)16-5-2-6-17(12-16)19-13-21-9-10-23-19/h2-13H,14H2,1H3. The number of nitrogens with zero attached hydrogens (tertiary/aromatic N) is 5. The monoisotopic (exact) mass is 327 g/mol. The van der Waals surface area contributed by atoms with Crippen molar-refractivity contribution in [2.24, 2.45) is 0 Å². The summed E-state index contributed by atoms with van der Waals surface area (Å²) in [5.74, 6) is 0. The third-order valence-electron chi connectivity index (χ3n) is 4.09. The lowest BCUT2D eigenvalue weighted by Gasteiger charge is -2.05. The molecule has 0 aliphatic rings. The van der Waals surface area contributed by atoms with Gasteiger partial charge in [-0.25, -0.2) is 0 Å². The smallest absolute Gasteiger partial charge is 0.0923 e. The van der Waals surface area contributed by atoms with Gasteiger partial charge in [0.2, 0.25) is 0 Å². The van der Waals surface area contributed by atoms with Crippen molar-refractivity contribution in [1.29, 1.82) is 0 Å². The highest BCUT2D eigenvalue weighted by molar-refractivity contribution is 5.68. The molecule has 4 rings (SSSR count). The van der Waals surface area contributed by atoms with Crippen LogP contribution in [0, 0.1) is 6.92 Å². The van der Waals surface area contributed by atoms with E-state index in [1.54, 1.807) is 18.6 Å². The first-order valence-corrected chi connectivity index (χ1v) is 8.10. The van der Waals surface area contributed by atoms with Crippen molar-refractivity contribution >= 4 is 0 Å². The fourth-order valence-corrected chi connectivity index (χ4v) is 2.73. The Hall–Kier alpha value is -3.34. The van der Waals surface area contributed by atoms with E-state index in [0.29, 0.717) is 6.54 Å². The van der Waals surface area contributed by atoms with Crippen LogP contribution in [0.3, 0.4) is 0 Å². The molecule has 0 spiro atoms. The lowest BCUT2D eigenvalue weighted by atomic mass is 10.1. The van der Waals surface area contributed by atoms with E-state index in [1.807, 2.05) is 41.3 Å². The summed E-state index contributed by atoms with van der Waals surface area (Å²) in [7, 11) is 0. The number of aromatic nitrogens is 5. The second-order valence-electron chi connectivity index (χ2n) is 5.84. The maximum Gasteiger partial charge on any atom is 0.0923 e. The van der Waals surface area contributed by atoms with Gasteiger partial charge in [-0.3, -0.25) is 19.6 Å². The number of aryl methyl sites for hydroxylation is 1. The first-order valence-electron chi connectivity index (χ1n) is 8.10. The molecule has 1 aromatic carbocycles. The fraction of sp³-hybridized carbons (Fsp3) is 0.100. The van der Waals surface area contributed by atoms with Gasteiger partial charge in [-0.15, -0.1) is 0 Å². The van der Waals surface area contributed by atoms with Crippen molar-refractivity contribution in [2.75, 3.05) is 0 Å². The minimum absolute atomic E-state index is 0.663. The zero-order valence-corrected chi connectivity index (χ0v) is 13.9. The summed E-state index contributed by atoms with van der Waals surface area (Å²) >= 11 is 0. The number of pyridine rings is 1. The van der Waals surface area contributed by atoms with Crippen LogP contribution >= 0.6 is 0 Å². The molecule has 5 heteroatoms. The van der Waals surface area contributed by atoms with Crippen LogP contribution in [0.25, 0.3) is 22.5 Å². The first kappa shape index (κ1) is 15.2. The Morgan fingerprint density at radius 1 is 0.880 bits per heavy atom. The maximum absolute atomic E-state index is 4.69. The number of rotatable bonds is 4. The summed E-state index contributed by atoms with van der Waals surface area (Å²) in [5, 5.41) is 4.69. The molecule has 0 atom stereocenters. The maximum atomic E-state index is 4.69. The van der Waals surface area contributed by atoms with Gasteiger partial charge >= 0.3 is 0 Å². The molecule has 0 aliphatic heterocycles. The number of hydrogen-bond acceptors (Lipinski definition) is 4. The molecule has 0 fully saturated rings. The minimum Gasteiger partial charge on any atom is -0.266 e. The molecule has 3 heterocycles. The Kier molecular flexibility index (Phi) is 4.04. The summed E-state index contributed by atoms with van der Waals surface area (Å²) in [5.41, 5.74) is 6.07. The molecule has 0 saturated heterocycles. The zero-order chi connectivity index (χ0) is 17.1. The number of benzene rings is 1. The van der Waals surface area contributed by atoms with Crippen molar-refractivity contribution in [1.82, 2.24) is 24.7 Å². The molecule has 0 aliphatic carbocycles. The van der Waals surface area contributed by atoms with E-state index in [2.05, 4.69) is 40.1 Å². The normalized spacial score (nSPS) is 10.8. The van der Waals surface area contributed by atoms with E-state index in [0.717, 1.165) is 28.2 Å². The molecule has 5 nitrogen and oxygen atoms in total. The molecular weight excluding hydrogens is 310 g/mol. The van der Waals surface area contributed by atoms with Crippen LogP contribution in [0.15, 0.2) is 73.4 Å². The fourth-order valence-electron chi connectivity index (χ4n) is 2.73. The number of hydrogen-bond donors (Lipinski definition) is 0. The Labute approximate surface area is 146 Å². The van der Waals surface area contributed by atoms with Crippen LogP contribution in [-0.4, -0.2) is 24.7 Å². The highest BCUT2D eigenvalue weighted by atomic mass is 15.3. The summed E-state index contributed by atoms with van der Waals surface area (Å²) in [6.45, 7) is 2.73. The van der Waals surface area contributed by atoms with Gasteiger partial charge in [-0.05, 0) is 30.7 Å². The SMILES string of the molecule is Cc1cccnc1Cn1ccc(-c2cccc(-c3cnccn3)c2)n1. The van der Waals surface area contributed by atoms with Crippen molar-refractivity contribution in [3.8, 4) is 22.5 Å². The summed E-state index contributed by atoms with van der Waals surface area (Å²) in [4.78, 5) is 12.9. The van der Waals surface area contributed by atoms with Crippen LogP contribution in [0.1, 0.15) is 11.3 Å². The van der Waals surface area contributed by atoms with E-state index in [-0.39, 0.29) is 0 Å². The first-order chi connectivity index (χ1) is 12.3. The Morgan fingerprint density at radius 2 is 1.76 bits per heavy atom. The van der Waals surface area contributed by atoms with Gasteiger partial charge in [-0.1, -0.05) is 24.3 Å². The van der Waals surface area contributed by atoms with Crippen molar-refractivity contribution in [3.05, 3.63) is 84.7 Å². The van der Waals surface area contributed by atoms with Crippen molar-refractivity contribution < 1.29 is 0 Å². The van der Waals surface area contributed by atoms with Crippen LogP contribution in [-0.2, 0) is 6.54 Å². The van der Waals surface area contributed by atoms with Gasteiger partial charge in [0.15, 0.2) is 0 Å². The van der Waals surface area contributed by atoms with E-state index >= 15 is 0 Å². The predicted molar refractivity (Wildman–Crippen MR) is 96.8 cm³/mol. The Morgan fingerprint density at radius 3 is 2.56 bits per heavy atom. The van der Waals surface area contributed by atoms with Gasteiger partial charge in [0.25, 0.3) is 0 Å². The second kappa shape index (κ2) is 6.65. The van der Waals surface area contributed by atoms with Crippen molar-refractivity contribution in [2.45, 2.75) is 13.5 Å². The summed E-state index contributed by atoms with van der Waals surface area (Å²) in [6, 6.07) is 14.2. The highest BCUT2D eigenvalue weighted by Crippen LogP contribution is 2.23. The zero-order valence-electron chi connectivity index (χ0n) is 13.9. The average Bonchev–Trinajstić information content (AvgIpc) is 3.13. The van der Waals surface area contributed by atoms with E-state index < -0.39 is 0 Å². The quantitative estimate of drug-likeness (QED) is 0.573. The van der Waals surface area contributed by atoms with E-state index in [9.17, 15) is 0 Å². The van der Waals surface area contributed by atoms with Gasteiger partial charge in [0, 0.05) is 35.9 Å². The molecule has 4 aromatic rings. The van der Waals surface area contributed by atoms with Gasteiger partial charge in [0.05, 0.1) is 29.8 Å². The molecule has 0 bridgehead atoms. The second-order valence-corrected chi connectivity index (χ2v) is 5.84. The lowest BCUT2D eigenvalue weighted by molar-refractivity contribution is 0.671. The molecule has 0 amide bonds. The molecule has 3 aromatic heterocycles. The minimum atomic E-state index is 0.663. The van der Waals surface area contributed by atoms with Crippen LogP contribution in [0.4, 0.5) is 0 Å². The topological polar surface area (TPSA) is 56.5 Å². The molecule has 0 saturated carbocycles. The third-order valence-corrected chi connectivity index (χ3v) is 4.09. The Bertz CT molecular complexity index is 992. The summed E-state index contributed by atoms with van der Waals surface area (Å²) < 4.78 is 1.92. The lowest BCUT2D eigenvalue weighted by Crippen LogP contribution is -2.04. The van der Waals surface area contributed by atoms with Gasteiger partial charge in [-0.2, -0.15) is 5.10 Å². The predicted octanol–water partition coefficient (Wildman–Crippen LogP) is 3.76. The van der Waals surface area contributed by atoms with Crippen LogP contribution in [0.5, 0.6) is 0 Å². The van der Waals surface area contributed by atoms with Crippen LogP contribution in [0.2, 0.25) is 0 Å². The summed E-state index contributed by atoms with van der Waals surface area (Å²) in [6.07, 6.45) is 8.94. The van der Waals surface area contributed by atoms with Crippen LogP contribution < -0.4 is 0 Å². The van der Waals surface area contributed by atoms with Gasteiger partial charge < -0.3 is 0 Å². The molecular formula is C20H17N5. The molecule has 0 unspecified atom stereocenters. The van der Waals surface area contributed by atoms with Gasteiger partial charge in [0.1, 0.15) is 0 Å². The molecule has 122 valence electrons. The molecule has 25 heavy (non-hydrogen) atoms. The Balaban J connectivity index is 1.61. The third kappa shape index (κ3) is 3.30.